The first kappa shape index (κ1) is 18.4. The highest BCUT2D eigenvalue weighted by Crippen LogP contribution is 2.23. The van der Waals surface area contributed by atoms with E-state index in [2.05, 4.69) is 15.3 Å². The zero-order valence-corrected chi connectivity index (χ0v) is 15.2. The number of para-hydroxylation sites is 1. The van der Waals surface area contributed by atoms with Crippen LogP contribution in [0.15, 0.2) is 47.3 Å². The summed E-state index contributed by atoms with van der Waals surface area (Å²) in [4.78, 5) is 31.4. The van der Waals surface area contributed by atoms with E-state index in [0.29, 0.717) is 41.2 Å². The molecule has 7 heteroatoms. The number of nitrogens with one attached hydrogen (secondary N) is 2. The van der Waals surface area contributed by atoms with Gasteiger partial charge in [-0.3, -0.25) is 9.59 Å². The average Bonchev–Trinajstić information content (AvgIpc) is 2.70. The molecule has 140 valence electrons. The fourth-order valence-electron chi connectivity index (χ4n) is 2.79. The number of rotatable bonds is 7. The van der Waals surface area contributed by atoms with Gasteiger partial charge >= 0.3 is 0 Å². The standard InChI is InChI=1S/C20H21N3O4/c1-26-14-7-8-17(27-2)13(11-14)12-21-19(24)10-9-18-22-16-6-4-3-5-15(16)20(25)23-18/h3-8,11H,9-10,12H2,1-2H3,(H,21,24)(H,22,23,25). The third kappa shape index (κ3) is 4.44. The lowest BCUT2D eigenvalue weighted by Gasteiger charge is -2.11. The molecular formula is C20H21N3O4. The van der Waals surface area contributed by atoms with E-state index in [1.807, 2.05) is 12.1 Å². The first-order valence-corrected chi connectivity index (χ1v) is 8.56. The van der Waals surface area contributed by atoms with Crippen molar-refractivity contribution in [3.05, 3.63) is 64.2 Å². The number of carbonyl (C=O) groups is 1. The van der Waals surface area contributed by atoms with Gasteiger partial charge < -0.3 is 19.8 Å². The van der Waals surface area contributed by atoms with Crippen molar-refractivity contribution in [1.82, 2.24) is 15.3 Å². The van der Waals surface area contributed by atoms with Crippen molar-refractivity contribution in [1.29, 1.82) is 0 Å². The number of methoxy groups -OCH3 is 2. The van der Waals surface area contributed by atoms with Gasteiger partial charge in [-0.1, -0.05) is 12.1 Å². The molecule has 1 aromatic heterocycles. The number of H-pyrrole nitrogens is 1. The molecule has 0 spiro atoms. The number of ether oxygens (including phenoxy) is 2. The summed E-state index contributed by atoms with van der Waals surface area (Å²) >= 11 is 0. The predicted octanol–water partition coefficient (Wildman–Crippen LogP) is 2.19. The Labute approximate surface area is 156 Å². The van der Waals surface area contributed by atoms with Crippen LogP contribution in [0.1, 0.15) is 17.8 Å². The minimum absolute atomic E-state index is 0.143. The molecule has 2 N–H and O–H groups in total. The topological polar surface area (TPSA) is 93.3 Å². The first-order valence-electron chi connectivity index (χ1n) is 8.56. The van der Waals surface area contributed by atoms with E-state index in [4.69, 9.17) is 9.47 Å². The number of aryl methyl sites for hydroxylation is 1. The summed E-state index contributed by atoms with van der Waals surface area (Å²) in [6.45, 7) is 0.320. The summed E-state index contributed by atoms with van der Waals surface area (Å²) in [5.74, 6) is 1.72. The Hall–Kier alpha value is -3.35. The van der Waals surface area contributed by atoms with Crippen molar-refractivity contribution in [3.8, 4) is 11.5 Å². The van der Waals surface area contributed by atoms with Crippen LogP contribution in [0.3, 0.4) is 0 Å². The summed E-state index contributed by atoms with van der Waals surface area (Å²) in [6, 6.07) is 12.5. The number of fused-ring (bicyclic) bond motifs is 1. The summed E-state index contributed by atoms with van der Waals surface area (Å²) in [5.41, 5.74) is 1.25. The highest BCUT2D eigenvalue weighted by Gasteiger charge is 2.09. The number of carbonyl (C=O) groups excluding carboxylic acids is 1. The van der Waals surface area contributed by atoms with E-state index in [-0.39, 0.29) is 17.9 Å². The maximum atomic E-state index is 12.2. The Morgan fingerprint density at radius 1 is 1.15 bits per heavy atom. The lowest BCUT2D eigenvalue weighted by Crippen LogP contribution is -2.24. The van der Waals surface area contributed by atoms with Crippen molar-refractivity contribution in [2.45, 2.75) is 19.4 Å². The molecule has 1 heterocycles. The van der Waals surface area contributed by atoms with Gasteiger partial charge in [0.15, 0.2) is 0 Å². The second-order valence-corrected chi connectivity index (χ2v) is 5.98. The fourth-order valence-corrected chi connectivity index (χ4v) is 2.79. The van der Waals surface area contributed by atoms with Crippen molar-refractivity contribution >= 4 is 16.8 Å². The Morgan fingerprint density at radius 2 is 1.96 bits per heavy atom. The van der Waals surface area contributed by atoms with E-state index < -0.39 is 0 Å². The molecule has 3 rings (SSSR count). The molecule has 27 heavy (non-hydrogen) atoms. The third-order valence-electron chi connectivity index (χ3n) is 4.21. The molecular weight excluding hydrogens is 346 g/mol. The van der Waals surface area contributed by atoms with Crippen LogP contribution in [-0.2, 0) is 17.8 Å². The Kier molecular flexibility index (Phi) is 5.71. The van der Waals surface area contributed by atoms with Crippen LogP contribution >= 0.6 is 0 Å². The lowest BCUT2D eigenvalue weighted by atomic mass is 10.1. The molecule has 0 aliphatic rings. The molecule has 0 fully saturated rings. The summed E-state index contributed by atoms with van der Waals surface area (Å²) in [7, 11) is 3.16. The minimum Gasteiger partial charge on any atom is -0.497 e. The fraction of sp³-hybridized carbons (Fsp3) is 0.250. The number of aromatic amines is 1. The zero-order valence-electron chi connectivity index (χ0n) is 15.2. The van der Waals surface area contributed by atoms with Crippen LogP contribution in [0.25, 0.3) is 10.9 Å². The van der Waals surface area contributed by atoms with Crippen LogP contribution in [-0.4, -0.2) is 30.1 Å². The van der Waals surface area contributed by atoms with Crippen molar-refractivity contribution < 1.29 is 14.3 Å². The van der Waals surface area contributed by atoms with Gasteiger partial charge in [-0.2, -0.15) is 0 Å². The highest BCUT2D eigenvalue weighted by atomic mass is 16.5. The molecule has 0 bridgehead atoms. The Bertz CT molecular complexity index is 1010. The molecule has 2 aromatic carbocycles. The van der Waals surface area contributed by atoms with Gasteiger partial charge in [0.25, 0.3) is 5.56 Å². The molecule has 0 saturated heterocycles. The van der Waals surface area contributed by atoms with E-state index >= 15 is 0 Å². The summed E-state index contributed by atoms with van der Waals surface area (Å²) in [6.07, 6.45) is 0.564. The van der Waals surface area contributed by atoms with Gasteiger partial charge in [0.2, 0.25) is 5.91 Å². The molecule has 1 amide bonds. The number of nitrogens with zero attached hydrogens (tertiary/aromatic N) is 1. The van der Waals surface area contributed by atoms with Crippen LogP contribution in [0, 0.1) is 0 Å². The Balaban J connectivity index is 1.61. The largest absolute Gasteiger partial charge is 0.497 e. The van der Waals surface area contributed by atoms with Gasteiger partial charge in [0.1, 0.15) is 17.3 Å². The number of hydrogen-bond donors (Lipinski definition) is 2. The van der Waals surface area contributed by atoms with Gasteiger partial charge in [-0.15, -0.1) is 0 Å². The van der Waals surface area contributed by atoms with E-state index in [1.165, 1.54) is 0 Å². The monoisotopic (exact) mass is 367 g/mol. The van der Waals surface area contributed by atoms with E-state index in [1.54, 1.807) is 44.6 Å². The van der Waals surface area contributed by atoms with Crippen molar-refractivity contribution in [2.75, 3.05) is 14.2 Å². The van der Waals surface area contributed by atoms with Gasteiger partial charge in [0, 0.05) is 24.9 Å². The number of hydrogen-bond acceptors (Lipinski definition) is 5. The highest BCUT2D eigenvalue weighted by molar-refractivity contribution is 5.78. The lowest BCUT2D eigenvalue weighted by molar-refractivity contribution is -0.121. The van der Waals surface area contributed by atoms with Gasteiger partial charge in [-0.05, 0) is 30.3 Å². The molecule has 7 nitrogen and oxygen atoms in total. The minimum atomic E-state index is -0.197. The van der Waals surface area contributed by atoms with Crippen molar-refractivity contribution in [2.24, 2.45) is 0 Å². The second kappa shape index (κ2) is 8.35. The molecule has 0 radical (unpaired) electrons. The summed E-state index contributed by atoms with van der Waals surface area (Å²) < 4.78 is 10.5. The van der Waals surface area contributed by atoms with E-state index in [9.17, 15) is 9.59 Å². The molecule has 0 saturated carbocycles. The first-order chi connectivity index (χ1) is 13.1. The Morgan fingerprint density at radius 3 is 2.74 bits per heavy atom. The molecule has 3 aromatic rings. The average molecular weight is 367 g/mol. The maximum absolute atomic E-state index is 12.2. The second-order valence-electron chi connectivity index (χ2n) is 5.98. The van der Waals surface area contributed by atoms with Gasteiger partial charge in [0.05, 0.1) is 25.1 Å². The third-order valence-corrected chi connectivity index (χ3v) is 4.21. The van der Waals surface area contributed by atoms with E-state index in [0.717, 1.165) is 5.56 Å². The van der Waals surface area contributed by atoms with Crippen LogP contribution in [0.5, 0.6) is 11.5 Å². The quantitative estimate of drug-likeness (QED) is 0.668. The maximum Gasteiger partial charge on any atom is 0.258 e. The zero-order chi connectivity index (χ0) is 19.2. The van der Waals surface area contributed by atoms with Crippen molar-refractivity contribution in [3.63, 3.8) is 0 Å². The summed E-state index contributed by atoms with van der Waals surface area (Å²) in [5, 5.41) is 3.39. The number of benzene rings is 2. The number of amides is 1. The normalized spacial score (nSPS) is 10.6. The van der Waals surface area contributed by atoms with Crippen LogP contribution in [0.4, 0.5) is 0 Å². The molecule has 0 aliphatic carbocycles. The molecule has 0 unspecified atom stereocenters. The SMILES string of the molecule is COc1ccc(OC)c(CNC(=O)CCc2nc3ccccc3c(=O)[nH]2)c1. The predicted molar refractivity (Wildman–Crippen MR) is 102 cm³/mol. The van der Waals surface area contributed by atoms with Gasteiger partial charge in [-0.25, -0.2) is 4.98 Å². The molecule has 0 atom stereocenters. The van der Waals surface area contributed by atoms with Crippen LogP contribution < -0.4 is 20.3 Å². The number of aromatic nitrogens is 2. The smallest absolute Gasteiger partial charge is 0.258 e. The van der Waals surface area contributed by atoms with Crippen LogP contribution in [0.2, 0.25) is 0 Å². The molecule has 0 aliphatic heterocycles.